The maximum absolute atomic E-state index is 13.4. The fraction of sp³-hybridized carbons (Fsp3) is 0.250. The molecule has 1 atom stereocenters. The second kappa shape index (κ2) is 7.74. The van der Waals surface area contributed by atoms with Crippen LogP contribution in [0.4, 0.5) is 0 Å². The molecule has 4 heterocycles. The molecule has 1 aliphatic heterocycles. The molecule has 1 amide bonds. The molecule has 5 rings (SSSR count). The molecule has 1 N–H and O–H groups in total. The van der Waals surface area contributed by atoms with Gasteiger partial charge in [0, 0.05) is 23.5 Å². The van der Waals surface area contributed by atoms with E-state index in [-0.39, 0.29) is 11.9 Å². The predicted octanol–water partition coefficient (Wildman–Crippen LogP) is 4.97. The molecule has 0 fully saturated rings. The van der Waals surface area contributed by atoms with Crippen LogP contribution in [0.3, 0.4) is 0 Å². The number of fused-ring (bicyclic) bond motifs is 2. The highest BCUT2D eigenvalue weighted by atomic mass is 32.1. The Balaban J connectivity index is 1.51. The zero-order valence-electron chi connectivity index (χ0n) is 17.6. The number of hydrogen-bond acceptors (Lipinski definition) is 5. The maximum Gasteiger partial charge on any atom is 0.264 e. The van der Waals surface area contributed by atoms with Crippen molar-refractivity contribution < 1.29 is 14.3 Å². The van der Waals surface area contributed by atoms with Crippen LogP contribution in [-0.2, 0) is 0 Å². The number of hydrogen-bond donors (Lipinski definition) is 1. The lowest BCUT2D eigenvalue weighted by molar-refractivity contribution is 0.0944. The van der Waals surface area contributed by atoms with Crippen molar-refractivity contribution in [1.82, 2.24) is 14.9 Å². The topological polar surface area (TPSA) is 65.4 Å². The minimum atomic E-state index is -0.193. The van der Waals surface area contributed by atoms with Crippen LogP contribution in [0.25, 0.3) is 15.9 Å². The Hall–Kier alpha value is -3.32. The molecule has 31 heavy (non-hydrogen) atoms. The molecule has 3 aromatic heterocycles. The van der Waals surface area contributed by atoms with Crippen LogP contribution in [-0.4, -0.2) is 28.7 Å². The fourth-order valence-electron chi connectivity index (χ4n) is 3.98. The number of aryl methyl sites for hydroxylation is 2. The largest absolute Gasteiger partial charge is 0.486 e. The molecule has 7 heteroatoms. The first-order valence-corrected chi connectivity index (χ1v) is 11.1. The lowest BCUT2D eigenvalue weighted by atomic mass is 10.1. The Bertz CT molecular complexity index is 1280. The zero-order valence-corrected chi connectivity index (χ0v) is 18.5. The number of thiophene rings is 1. The number of carbonyl (C=O) groups is 1. The van der Waals surface area contributed by atoms with Gasteiger partial charge in [0.15, 0.2) is 11.5 Å². The fourth-order valence-corrected chi connectivity index (χ4v) is 5.18. The summed E-state index contributed by atoms with van der Waals surface area (Å²) in [6.07, 6.45) is 3.92. The Kier molecular flexibility index (Phi) is 4.90. The molecule has 1 aromatic carbocycles. The molecule has 0 radical (unpaired) electrons. The van der Waals surface area contributed by atoms with Crippen LogP contribution < -0.4 is 14.8 Å². The van der Waals surface area contributed by atoms with Gasteiger partial charge in [-0.25, -0.2) is 4.98 Å². The van der Waals surface area contributed by atoms with Gasteiger partial charge in [0.2, 0.25) is 0 Å². The third kappa shape index (κ3) is 3.55. The Morgan fingerprint density at radius 1 is 1.13 bits per heavy atom. The van der Waals surface area contributed by atoms with Gasteiger partial charge in [-0.05, 0) is 62.2 Å². The zero-order chi connectivity index (χ0) is 21.5. The molecule has 0 saturated carbocycles. The van der Waals surface area contributed by atoms with Gasteiger partial charge >= 0.3 is 0 Å². The number of pyridine rings is 1. The summed E-state index contributed by atoms with van der Waals surface area (Å²) < 4.78 is 13.3. The van der Waals surface area contributed by atoms with E-state index in [0.717, 1.165) is 44.2 Å². The van der Waals surface area contributed by atoms with Crippen LogP contribution >= 0.6 is 11.3 Å². The third-order valence-electron chi connectivity index (χ3n) is 5.44. The second-order valence-corrected chi connectivity index (χ2v) is 8.73. The summed E-state index contributed by atoms with van der Waals surface area (Å²) in [5.74, 6) is 1.34. The second-order valence-electron chi connectivity index (χ2n) is 7.73. The first-order chi connectivity index (χ1) is 15.0. The monoisotopic (exact) mass is 433 g/mol. The summed E-state index contributed by atoms with van der Waals surface area (Å²) in [7, 11) is 0. The maximum atomic E-state index is 13.4. The van der Waals surface area contributed by atoms with Crippen LogP contribution in [0.1, 0.15) is 39.5 Å². The van der Waals surface area contributed by atoms with Crippen LogP contribution in [0.15, 0.2) is 48.8 Å². The summed E-state index contributed by atoms with van der Waals surface area (Å²) in [5.41, 5.74) is 3.90. The number of amides is 1. The van der Waals surface area contributed by atoms with Gasteiger partial charge in [0.25, 0.3) is 5.91 Å². The summed E-state index contributed by atoms with van der Waals surface area (Å²) in [5, 5.41) is 4.17. The third-order valence-corrected chi connectivity index (χ3v) is 6.52. The van der Waals surface area contributed by atoms with Gasteiger partial charge in [-0.3, -0.25) is 4.79 Å². The van der Waals surface area contributed by atoms with E-state index in [4.69, 9.17) is 14.5 Å². The standard InChI is InChI=1S/C24H23N3O3S/c1-14-12-15(2)25-24-20(14)21(27-8-4-5-9-27)22(31-24)23(28)26-16(3)17-6-7-18-19(13-17)30-11-10-29-18/h4-9,12-13,16H,10-11H2,1-3H3,(H,26,28)/t16-/m0/s1. The number of aromatic nitrogens is 2. The summed E-state index contributed by atoms with van der Waals surface area (Å²) in [6, 6.07) is 11.6. The molecule has 0 spiro atoms. The van der Waals surface area contributed by atoms with Crippen molar-refractivity contribution >= 4 is 27.5 Å². The Morgan fingerprint density at radius 2 is 1.87 bits per heavy atom. The van der Waals surface area contributed by atoms with Crippen molar-refractivity contribution in [3.8, 4) is 17.2 Å². The van der Waals surface area contributed by atoms with Crippen LogP contribution in [0, 0.1) is 13.8 Å². The van der Waals surface area contributed by atoms with E-state index in [0.29, 0.717) is 18.1 Å². The van der Waals surface area contributed by atoms with Gasteiger partial charge in [0.05, 0.1) is 11.7 Å². The van der Waals surface area contributed by atoms with E-state index < -0.39 is 0 Å². The molecule has 4 aromatic rings. The van der Waals surface area contributed by atoms with E-state index >= 15 is 0 Å². The summed E-state index contributed by atoms with van der Waals surface area (Å²) >= 11 is 1.43. The molecule has 158 valence electrons. The molecule has 0 saturated heterocycles. The van der Waals surface area contributed by atoms with Gasteiger partial charge in [-0.15, -0.1) is 11.3 Å². The van der Waals surface area contributed by atoms with Crippen molar-refractivity contribution in [3.63, 3.8) is 0 Å². The predicted molar refractivity (Wildman–Crippen MR) is 122 cm³/mol. The molecular formula is C24H23N3O3S. The number of nitrogens with one attached hydrogen (secondary N) is 1. The number of nitrogens with zero attached hydrogens (tertiary/aromatic N) is 2. The van der Waals surface area contributed by atoms with Crippen LogP contribution in [0.2, 0.25) is 0 Å². The molecule has 0 bridgehead atoms. The Labute approximate surface area is 184 Å². The smallest absolute Gasteiger partial charge is 0.264 e. The number of ether oxygens (including phenoxy) is 2. The van der Waals surface area contributed by atoms with E-state index in [1.807, 2.05) is 61.1 Å². The highest BCUT2D eigenvalue weighted by Gasteiger charge is 2.24. The van der Waals surface area contributed by atoms with Crippen molar-refractivity contribution in [2.45, 2.75) is 26.8 Å². The first kappa shape index (κ1) is 19.6. The number of rotatable bonds is 4. The number of benzene rings is 1. The molecule has 6 nitrogen and oxygen atoms in total. The van der Waals surface area contributed by atoms with Crippen molar-refractivity contribution in [2.75, 3.05) is 13.2 Å². The van der Waals surface area contributed by atoms with Crippen molar-refractivity contribution in [3.05, 3.63) is 70.5 Å². The van der Waals surface area contributed by atoms with Gasteiger partial charge in [-0.2, -0.15) is 0 Å². The SMILES string of the molecule is Cc1cc(C)c2c(-n3cccc3)c(C(=O)N[C@@H](C)c3ccc4c(c3)OCCO4)sc2n1. The normalized spacial score (nSPS) is 13.9. The van der Waals surface area contributed by atoms with Crippen molar-refractivity contribution in [2.24, 2.45) is 0 Å². The van der Waals surface area contributed by atoms with E-state index in [2.05, 4.69) is 18.3 Å². The summed E-state index contributed by atoms with van der Waals surface area (Å²) in [4.78, 5) is 19.6. The highest BCUT2D eigenvalue weighted by Crippen LogP contribution is 2.37. The van der Waals surface area contributed by atoms with E-state index in [9.17, 15) is 4.79 Å². The Morgan fingerprint density at radius 3 is 2.65 bits per heavy atom. The molecule has 0 unspecified atom stereocenters. The number of carbonyl (C=O) groups excluding carboxylic acids is 1. The van der Waals surface area contributed by atoms with Crippen LogP contribution in [0.5, 0.6) is 11.5 Å². The lowest BCUT2D eigenvalue weighted by Crippen LogP contribution is -2.27. The van der Waals surface area contributed by atoms with Gasteiger partial charge in [-0.1, -0.05) is 6.07 Å². The van der Waals surface area contributed by atoms with E-state index in [1.54, 1.807) is 0 Å². The lowest BCUT2D eigenvalue weighted by Gasteiger charge is -2.21. The van der Waals surface area contributed by atoms with Gasteiger partial charge in [0.1, 0.15) is 22.9 Å². The summed E-state index contributed by atoms with van der Waals surface area (Å²) in [6.45, 7) is 7.10. The average molecular weight is 434 g/mol. The molecular weight excluding hydrogens is 410 g/mol. The van der Waals surface area contributed by atoms with Gasteiger partial charge < -0.3 is 19.4 Å². The minimum Gasteiger partial charge on any atom is -0.486 e. The highest BCUT2D eigenvalue weighted by molar-refractivity contribution is 7.21. The molecule has 0 aliphatic carbocycles. The van der Waals surface area contributed by atoms with E-state index in [1.165, 1.54) is 11.3 Å². The minimum absolute atomic E-state index is 0.119. The first-order valence-electron chi connectivity index (χ1n) is 10.3. The van der Waals surface area contributed by atoms with Crippen molar-refractivity contribution in [1.29, 1.82) is 0 Å². The quantitative estimate of drug-likeness (QED) is 0.494. The average Bonchev–Trinajstić information content (AvgIpc) is 3.41. The molecule has 1 aliphatic rings.